The van der Waals surface area contributed by atoms with Gasteiger partial charge in [0, 0.05) is 126 Å². The van der Waals surface area contributed by atoms with E-state index < -0.39 is 0 Å². The fraction of sp³-hybridized carbons (Fsp3) is 0. The van der Waals surface area contributed by atoms with E-state index in [1.807, 2.05) is 97.1 Å². The summed E-state index contributed by atoms with van der Waals surface area (Å²) in [6.07, 6.45) is 0. The Hall–Kier alpha value is -19.0. The van der Waals surface area contributed by atoms with Crippen molar-refractivity contribution in [3.63, 3.8) is 0 Å². The molecule has 13 heteroatoms. The van der Waals surface area contributed by atoms with E-state index in [1.165, 1.54) is 43.4 Å². The molecule has 29 rings (SSSR count). The number of hydrogen-bond acceptors (Lipinski definition) is 8. The number of hydrogen-bond donors (Lipinski definition) is 0. The van der Waals surface area contributed by atoms with E-state index in [0.717, 1.165) is 194 Å². The van der Waals surface area contributed by atoms with Crippen LogP contribution in [-0.4, -0.2) is 52.7 Å². The van der Waals surface area contributed by atoms with E-state index in [9.17, 15) is 0 Å². The molecule has 13 nitrogen and oxygen atoms in total. The summed E-state index contributed by atoms with van der Waals surface area (Å²) in [4.78, 5) is 31.7. The molecule has 0 aliphatic heterocycles. The highest BCUT2D eigenvalue weighted by atomic mass is 16.3. The maximum absolute atomic E-state index is 6.49. The first-order valence-corrected chi connectivity index (χ1v) is 46.9. The van der Waals surface area contributed by atoms with E-state index in [0.29, 0.717) is 34.9 Å². The Morgan fingerprint density at radius 2 is 0.374 bits per heavy atom. The number of nitrogens with zero attached hydrogens (tertiary/aromatic N) is 11. The Bertz CT molecular complexity index is 9610. The summed E-state index contributed by atoms with van der Waals surface area (Å²) >= 11 is 0. The monoisotopic (exact) mass is 1780 g/mol. The lowest BCUT2D eigenvalue weighted by Gasteiger charge is -2.17. The van der Waals surface area contributed by atoms with E-state index in [-0.39, 0.29) is 0 Å². The lowest BCUT2D eigenvalue weighted by molar-refractivity contribution is 0.668. The van der Waals surface area contributed by atoms with Crippen LogP contribution in [0.1, 0.15) is 0 Å². The molecule has 0 N–H and O–H groups in total. The molecule has 9 aromatic heterocycles. The molecule has 648 valence electrons. The molecule has 0 amide bonds. The Morgan fingerprint density at radius 1 is 0.137 bits per heavy atom. The van der Waals surface area contributed by atoms with E-state index in [4.69, 9.17) is 38.7 Å². The Kier molecular flexibility index (Phi) is 18.0. The van der Waals surface area contributed by atoms with Gasteiger partial charge in [0.15, 0.2) is 34.9 Å². The third-order valence-corrected chi connectivity index (χ3v) is 27.7. The SMILES string of the molecule is c1ccc(-c2nc(-c3ccccc3)nc(-c3cc(-c4ccc5c(c4)oc4ccccc45)ccc3-n3c4cc(-n5c6ccccc6c6ccccc65)ccc4c4ccc(-n5c6ccccc6c6ccccc65)cc43)n2)cc1.c1ccc(-c2nc(-c3ccccc3)nc(-c3cc(-c4ccc5c(c4)oc4ccccc45)ccc3-n3c4ccccc4c4cc(-n5c6ccccc6c6ccccc65)ccc43)n2)cc1. The van der Waals surface area contributed by atoms with Crippen LogP contribution in [0, 0.1) is 0 Å². The van der Waals surface area contributed by atoms with Crippen molar-refractivity contribution in [2.24, 2.45) is 0 Å². The van der Waals surface area contributed by atoms with Crippen molar-refractivity contribution in [1.29, 1.82) is 0 Å². The van der Waals surface area contributed by atoms with Gasteiger partial charge in [0.1, 0.15) is 22.3 Å². The Morgan fingerprint density at radius 3 is 0.727 bits per heavy atom. The van der Waals surface area contributed by atoms with Gasteiger partial charge in [0.25, 0.3) is 0 Å². The maximum Gasteiger partial charge on any atom is 0.166 e. The number of fused-ring (bicyclic) bond motifs is 21. The Balaban J connectivity index is 0.000000139. The van der Waals surface area contributed by atoms with E-state index >= 15 is 0 Å². The summed E-state index contributed by atoms with van der Waals surface area (Å²) in [6.45, 7) is 0. The quantitative estimate of drug-likeness (QED) is 0.112. The number of aromatic nitrogens is 11. The molecule has 9 heterocycles. The summed E-state index contributed by atoms with van der Waals surface area (Å²) in [5, 5.41) is 16.3. The largest absolute Gasteiger partial charge is 0.456 e. The predicted molar refractivity (Wildman–Crippen MR) is 569 cm³/mol. The van der Waals surface area contributed by atoms with Crippen LogP contribution in [0.2, 0.25) is 0 Å². The molecule has 29 aromatic rings. The van der Waals surface area contributed by atoms with Gasteiger partial charge >= 0.3 is 0 Å². The van der Waals surface area contributed by atoms with Crippen molar-refractivity contribution in [3.05, 3.63) is 467 Å². The molecular weight excluding hydrogens is 1700 g/mol. The average molecular weight is 1780 g/mol. The van der Waals surface area contributed by atoms with Crippen molar-refractivity contribution in [2.75, 3.05) is 0 Å². The first kappa shape index (κ1) is 78.7. The van der Waals surface area contributed by atoms with Crippen molar-refractivity contribution < 1.29 is 8.83 Å². The van der Waals surface area contributed by atoms with Crippen molar-refractivity contribution in [1.82, 2.24) is 52.7 Å². The lowest BCUT2D eigenvalue weighted by Crippen LogP contribution is -2.04. The highest BCUT2D eigenvalue weighted by Gasteiger charge is 2.28. The second kappa shape index (κ2) is 31.9. The van der Waals surface area contributed by atoms with Gasteiger partial charge in [-0.05, 0) is 168 Å². The minimum atomic E-state index is 0.557. The number of para-hydroxylation sites is 9. The molecule has 0 bridgehead atoms. The predicted octanol–water partition coefficient (Wildman–Crippen LogP) is 32.4. The van der Waals surface area contributed by atoms with Gasteiger partial charge in [-0.25, -0.2) is 29.9 Å². The van der Waals surface area contributed by atoms with Crippen molar-refractivity contribution >= 4 is 153 Å². The van der Waals surface area contributed by atoms with Gasteiger partial charge in [-0.3, -0.25) is 0 Å². The molecule has 0 saturated heterocycles. The summed E-state index contributed by atoms with van der Waals surface area (Å²) in [5.41, 5.74) is 29.2. The molecular formula is C126H77N11O2. The van der Waals surface area contributed by atoms with E-state index in [2.05, 4.69) is 393 Å². The average Bonchev–Trinajstić information content (AvgIpc) is 1.66. The smallest absolute Gasteiger partial charge is 0.166 e. The highest BCUT2D eigenvalue weighted by molar-refractivity contribution is 6.17. The summed E-state index contributed by atoms with van der Waals surface area (Å²) < 4.78 is 24.9. The van der Waals surface area contributed by atoms with Crippen LogP contribution in [-0.2, 0) is 0 Å². The first-order valence-electron chi connectivity index (χ1n) is 46.9. The molecule has 0 radical (unpaired) electrons. The standard InChI is InChI=1S/C69H42N6O.C57H35N5O/c1-3-17-43(18-4-1)67-70-68(44-19-5-2-6-20-44)72-69(71-67)57-39-45(46-31-35-56-55-25-11-16-30-65(55)76-66(56)40-46)32-38-62(57)75-63-41-47(73-58-26-12-7-21-49(58)50-22-8-13-27-59(50)73)33-36-53(63)54-37-34-48(42-64(54)75)74-60-28-14-9-23-51(60)52-24-10-15-29-61(52)74;1-3-15-36(16-4-1)55-58-56(37-17-5-2-6-18-37)60-57(59-55)47-33-38(39-27-30-45-44-22-10-14-26-53(44)63-54(45)34-39)28-31-52(47)62-50-25-13-9-21-43(50)46-35-40(29-32-51(46)62)61-48-23-11-7-19-41(48)42-20-8-12-24-49(42)61/h1-42H;1-35H. The zero-order valence-electron chi connectivity index (χ0n) is 74.7. The van der Waals surface area contributed by atoms with Crippen molar-refractivity contribution in [3.8, 4) is 119 Å². The van der Waals surface area contributed by atoms with Crippen LogP contribution in [0.25, 0.3) is 272 Å². The van der Waals surface area contributed by atoms with Crippen LogP contribution < -0.4 is 0 Å². The Labute approximate surface area is 795 Å². The topological polar surface area (TPSA) is 128 Å². The normalized spacial score (nSPS) is 11.9. The molecule has 0 spiro atoms. The third-order valence-electron chi connectivity index (χ3n) is 27.7. The zero-order chi connectivity index (χ0) is 91.3. The highest BCUT2D eigenvalue weighted by Crippen LogP contribution is 2.47. The molecule has 0 saturated carbocycles. The fourth-order valence-electron chi connectivity index (χ4n) is 21.3. The second-order valence-corrected chi connectivity index (χ2v) is 35.6. The van der Waals surface area contributed by atoms with Gasteiger partial charge in [-0.2, -0.15) is 0 Å². The van der Waals surface area contributed by atoms with Crippen LogP contribution >= 0.6 is 0 Å². The lowest BCUT2D eigenvalue weighted by atomic mass is 9.99. The molecule has 0 aliphatic rings. The molecule has 0 atom stereocenters. The minimum Gasteiger partial charge on any atom is -0.456 e. The fourth-order valence-corrected chi connectivity index (χ4v) is 21.3. The van der Waals surface area contributed by atoms with Crippen molar-refractivity contribution in [2.45, 2.75) is 0 Å². The number of furan rings is 2. The van der Waals surface area contributed by atoms with Crippen LogP contribution in [0.3, 0.4) is 0 Å². The molecule has 0 fully saturated rings. The first-order chi connectivity index (χ1) is 68.9. The summed E-state index contributed by atoms with van der Waals surface area (Å²) in [5.74, 6) is 3.54. The maximum atomic E-state index is 6.49. The third kappa shape index (κ3) is 12.9. The van der Waals surface area contributed by atoms with Crippen LogP contribution in [0.4, 0.5) is 0 Å². The summed E-state index contributed by atoms with van der Waals surface area (Å²) in [6, 6.07) is 165. The van der Waals surface area contributed by atoms with Gasteiger partial charge in [-0.15, -0.1) is 0 Å². The van der Waals surface area contributed by atoms with E-state index in [1.54, 1.807) is 0 Å². The van der Waals surface area contributed by atoms with Gasteiger partial charge in [0.2, 0.25) is 0 Å². The number of rotatable bonds is 13. The van der Waals surface area contributed by atoms with Crippen LogP contribution in [0.15, 0.2) is 476 Å². The molecule has 0 aliphatic carbocycles. The molecule has 20 aromatic carbocycles. The molecule has 0 unspecified atom stereocenters. The molecule has 139 heavy (non-hydrogen) atoms. The van der Waals surface area contributed by atoms with Gasteiger partial charge < -0.3 is 31.7 Å². The zero-order valence-corrected chi connectivity index (χ0v) is 74.7. The van der Waals surface area contributed by atoms with Crippen LogP contribution in [0.5, 0.6) is 0 Å². The van der Waals surface area contributed by atoms with Gasteiger partial charge in [-0.1, -0.05) is 322 Å². The number of benzene rings is 20. The van der Waals surface area contributed by atoms with Gasteiger partial charge in [0.05, 0.1) is 66.5 Å². The summed E-state index contributed by atoms with van der Waals surface area (Å²) in [7, 11) is 0. The second-order valence-electron chi connectivity index (χ2n) is 35.6. The minimum absolute atomic E-state index is 0.557.